The van der Waals surface area contributed by atoms with Gasteiger partial charge in [-0.15, -0.1) is 0 Å². The highest BCUT2D eigenvalue weighted by molar-refractivity contribution is 6.31. The predicted octanol–water partition coefficient (Wildman–Crippen LogP) is 1.57. The molecule has 1 atom stereocenters. The molecule has 1 aliphatic heterocycles. The zero-order valence-electron chi connectivity index (χ0n) is 11.1. The number of nitrogens with zero attached hydrogens (tertiary/aromatic N) is 3. The van der Waals surface area contributed by atoms with E-state index >= 15 is 0 Å². The maximum Gasteiger partial charge on any atom is 0.0860 e. The van der Waals surface area contributed by atoms with Crippen molar-refractivity contribution in [2.24, 2.45) is 13.0 Å². The Labute approximate surface area is 113 Å². The molecule has 1 aliphatic carbocycles. The number of hydrogen-bond donors (Lipinski definition) is 1. The van der Waals surface area contributed by atoms with Crippen molar-refractivity contribution < 1.29 is 0 Å². The third-order valence-electron chi connectivity index (χ3n) is 4.18. The van der Waals surface area contributed by atoms with Crippen LogP contribution >= 0.6 is 11.6 Å². The van der Waals surface area contributed by atoms with E-state index in [1.54, 1.807) is 0 Å². The second-order valence-corrected chi connectivity index (χ2v) is 5.93. The van der Waals surface area contributed by atoms with Crippen LogP contribution in [0.25, 0.3) is 0 Å². The van der Waals surface area contributed by atoms with Crippen LogP contribution < -0.4 is 5.32 Å². The first-order valence-corrected chi connectivity index (χ1v) is 7.17. The molecule has 1 saturated heterocycles. The second kappa shape index (κ2) is 4.83. The van der Waals surface area contributed by atoms with Gasteiger partial charge in [-0.05, 0) is 25.7 Å². The molecule has 1 unspecified atom stereocenters. The molecule has 5 heteroatoms. The van der Waals surface area contributed by atoms with E-state index in [1.165, 1.54) is 12.8 Å². The molecular formula is C13H21ClN4. The number of halogens is 1. The first kappa shape index (κ1) is 12.5. The van der Waals surface area contributed by atoms with Gasteiger partial charge in [0.15, 0.2) is 0 Å². The first-order valence-electron chi connectivity index (χ1n) is 6.79. The highest BCUT2D eigenvalue weighted by atomic mass is 35.5. The van der Waals surface area contributed by atoms with Crippen LogP contribution in [0.3, 0.4) is 0 Å². The molecule has 1 saturated carbocycles. The van der Waals surface area contributed by atoms with Crippen molar-refractivity contribution in [3.8, 4) is 0 Å². The van der Waals surface area contributed by atoms with Gasteiger partial charge < -0.3 is 5.32 Å². The Hall–Kier alpha value is -0.580. The Morgan fingerprint density at radius 2 is 2.22 bits per heavy atom. The van der Waals surface area contributed by atoms with Gasteiger partial charge in [-0.25, -0.2) is 0 Å². The van der Waals surface area contributed by atoms with E-state index in [9.17, 15) is 0 Å². The Morgan fingerprint density at radius 3 is 2.83 bits per heavy atom. The molecular weight excluding hydrogens is 248 g/mol. The third kappa shape index (κ3) is 2.29. The monoisotopic (exact) mass is 268 g/mol. The molecule has 0 amide bonds. The lowest BCUT2D eigenvalue weighted by molar-refractivity contribution is 0.132. The molecule has 2 heterocycles. The van der Waals surface area contributed by atoms with Crippen LogP contribution in [0, 0.1) is 12.8 Å². The molecule has 2 aliphatic rings. The zero-order valence-corrected chi connectivity index (χ0v) is 11.9. The van der Waals surface area contributed by atoms with E-state index in [1.807, 2.05) is 18.7 Å². The van der Waals surface area contributed by atoms with E-state index in [-0.39, 0.29) is 0 Å². The fourth-order valence-electron chi connectivity index (χ4n) is 2.95. The summed E-state index contributed by atoms with van der Waals surface area (Å²) in [7, 11) is 1.99. The number of aryl methyl sites for hydroxylation is 2. The molecule has 1 aromatic heterocycles. The lowest BCUT2D eigenvalue weighted by Gasteiger charge is -2.36. The topological polar surface area (TPSA) is 33.1 Å². The maximum atomic E-state index is 6.35. The van der Waals surface area contributed by atoms with Crippen LogP contribution in [0.15, 0.2) is 0 Å². The lowest BCUT2D eigenvalue weighted by Crippen LogP contribution is -2.51. The molecule has 2 fully saturated rings. The molecule has 0 bridgehead atoms. The van der Waals surface area contributed by atoms with E-state index in [0.717, 1.165) is 48.5 Å². The molecule has 0 aromatic carbocycles. The Balaban J connectivity index is 1.77. The summed E-state index contributed by atoms with van der Waals surface area (Å²) in [6.07, 6.45) is 2.78. The molecule has 1 aromatic rings. The Bertz CT molecular complexity index is 438. The molecule has 4 nitrogen and oxygen atoms in total. The smallest absolute Gasteiger partial charge is 0.0860 e. The molecule has 0 radical (unpaired) electrons. The van der Waals surface area contributed by atoms with Crippen LogP contribution in [0.4, 0.5) is 0 Å². The van der Waals surface area contributed by atoms with Gasteiger partial charge in [0.1, 0.15) is 0 Å². The van der Waals surface area contributed by atoms with Gasteiger partial charge >= 0.3 is 0 Å². The van der Waals surface area contributed by atoms with Crippen molar-refractivity contribution >= 4 is 11.6 Å². The van der Waals surface area contributed by atoms with Crippen molar-refractivity contribution in [2.75, 3.05) is 19.6 Å². The van der Waals surface area contributed by atoms with E-state index < -0.39 is 0 Å². The third-order valence-corrected chi connectivity index (χ3v) is 4.67. The summed E-state index contributed by atoms with van der Waals surface area (Å²) < 4.78 is 1.93. The van der Waals surface area contributed by atoms with E-state index in [2.05, 4.69) is 15.3 Å². The molecule has 1 N–H and O–H groups in total. The summed E-state index contributed by atoms with van der Waals surface area (Å²) in [5.41, 5.74) is 2.09. The van der Waals surface area contributed by atoms with Crippen molar-refractivity contribution in [2.45, 2.75) is 32.4 Å². The van der Waals surface area contributed by atoms with Gasteiger partial charge in [0, 0.05) is 39.3 Å². The summed E-state index contributed by atoms with van der Waals surface area (Å²) in [5.74, 6) is 0.894. The highest BCUT2D eigenvalue weighted by Gasteiger charge is 2.36. The van der Waals surface area contributed by atoms with Gasteiger partial charge in [-0.3, -0.25) is 9.58 Å². The number of piperazine rings is 1. The minimum absolute atomic E-state index is 0.685. The fourth-order valence-corrected chi connectivity index (χ4v) is 3.17. The summed E-state index contributed by atoms with van der Waals surface area (Å²) >= 11 is 6.35. The van der Waals surface area contributed by atoms with E-state index in [4.69, 9.17) is 11.6 Å². The molecule has 3 rings (SSSR count). The van der Waals surface area contributed by atoms with E-state index in [0.29, 0.717) is 6.04 Å². The SMILES string of the molecule is Cc1nn(C)c(CN2CCNCC2C2CC2)c1Cl. The van der Waals surface area contributed by atoms with Crippen molar-refractivity contribution in [3.05, 3.63) is 16.4 Å². The highest BCUT2D eigenvalue weighted by Crippen LogP contribution is 2.36. The molecule has 0 spiro atoms. The summed E-state index contributed by atoms with van der Waals surface area (Å²) in [6, 6.07) is 0.685. The summed E-state index contributed by atoms with van der Waals surface area (Å²) in [6.45, 7) is 6.22. The van der Waals surface area contributed by atoms with Crippen LogP contribution in [0.5, 0.6) is 0 Å². The number of hydrogen-bond acceptors (Lipinski definition) is 3. The first-order chi connectivity index (χ1) is 8.66. The van der Waals surface area contributed by atoms with Crippen LogP contribution in [-0.2, 0) is 13.6 Å². The number of nitrogens with one attached hydrogen (secondary N) is 1. The summed E-state index contributed by atoms with van der Waals surface area (Å²) in [5, 5.41) is 8.75. The summed E-state index contributed by atoms with van der Waals surface area (Å²) in [4.78, 5) is 2.58. The molecule has 18 heavy (non-hydrogen) atoms. The van der Waals surface area contributed by atoms with Crippen molar-refractivity contribution in [1.29, 1.82) is 0 Å². The zero-order chi connectivity index (χ0) is 12.7. The average molecular weight is 269 g/mol. The standard InChI is InChI=1S/C13H21ClN4/c1-9-13(14)12(17(2)16-9)8-18-6-5-15-7-11(18)10-3-4-10/h10-11,15H,3-8H2,1-2H3. The van der Waals surface area contributed by atoms with Gasteiger partial charge in [-0.1, -0.05) is 11.6 Å². The Morgan fingerprint density at radius 1 is 1.44 bits per heavy atom. The van der Waals surface area contributed by atoms with Gasteiger partial charge in [0.25, 0.3) is 0 Å². The fraction of sp³-hybridized carbons (Fsp3) is 0.769. The van der Waals surface area contributed by atoms with Gasteiger partial charge in [0.05, 0.1) is 16.4 Å². The lowest BCUT2D eigenvalue weighted by atomic mass is 10.1. The largest absolute Gasteiger partial charge is 0.314 e. The van der Waals surface area contributed by atoms with Gasteiger partial charge in [0.2, 0.25) is 0 Å². The predicted molar refractivity (Wildman–Crippen MR) is 72.7 cm³/mol. The quantitative estimate of drug-likeness (QED) is 0.903. The number of aromatic nitrogens is 2. The second-order valence-electron chi connectivity index (χ2n) is 5.55. The maximum absolute atomic E-state index is 6.35. The van der Waals surface area contributed by atoms with Crippen molar-refractivity contribution in [3.63, 3.8) is 0 Å². The minimum atomic E-state index is 0.685. The van der Waals surface area contributed by atoms with Crippen molar-refractivity contribution in [1.82, 2.24) is 20.0 Å². The Kier molecular flexibility index (Phi) is 3.34. The van der Waals surface area contributed by atoms with Crippen LogP contribution in [0.1, 0.15) is 24.2 Å². The van der Waals surface area contributed by atoms with Crippen LogP contribution in [0.2, 0.25) is 5.02 Å². The van der Waals surface area contributed by atoms with Crippen LogP contribution in [-0.4, -0.2) is 40.4 Å². The molecule has 100 valence electrons. The average Bonchev–Trinajstić information content (AvgIpc) is 3.16. The normalized spacial score (nSPS) is 25.6. The number of rotatable bonds is 3. The van der Waals surface area contributed by atoms with Gasteiger partial charge in [-0.2, -0.15) is 5.10 Å². The minimum Gasteiger partial charge on any atom is -0.314 e.